The number of aliphatic hydroxyl groups excluding tert-OH is 4. The Morgan fingerprint density at radius 2 is 0.593 bits per heavy atom. The van der Waals surface area contributed by atoms with Crippen molar-refractivity contribution < 1.29 is 150 Å². The number of halogens is 2. The van der Waals surface area contributed by atoms with E-state index < -0.39 is 246 Å². The number of alkyl halides is 2. The van der Waals surface area contributed by atoms with Crippen molar-refractivity contribution in [3.05, 3.63) is 106 Å². The van der Waals surface area contributed by atoms with Gasteiger partial charge in [0.1, 0.15) is 114 Å². The van der Waals surface area contributed by atoms with Gasteiger partial charge in [0, 0.05) is 18.6 Å². The lowest BCUT2D eigenvalue weighted by Crippen LogP contribution is -2.38. The third-order valence-electron chi connectivity index (χ3n) is 22.2. The minimum Gasteiger partial charge on any atom is -0.397 e. The molecule has 12 aromatic rings. The van der Waals surface area contributed by atoms with Crippen LogP contribution in [0.5, 0.6) is 0 Å². The van der Waals surface area contributed by atoms with Gasteiger partial charge < -0.3 is 121 Å². The molecule has 9 saturated heterocycles. The number of rotatable bonds is 6. The first-order valence-electron chi connectivity index (χ1n) is 39.2. The summed E-state index contributed by atoms with van der Waals surface area (Å²) in [6.07, 6.45) is -25.2. The number of pyridine rings is 3. The Kier molecular flexibility index (Phi) is 25.6. The molecule has 21 heterocycles. The lowest BCUT2D eigenvalue weighted by Gasteiger charge is -2.28. The summed E-state index contributed by atoms with van der Waals surface area (Å²) < 4.78 is 180. The average Bonchev–Trinajstić information content (AvgIpc) is 1.62. The molecule has 24 N–H and O–H groups in total. The third-order valence-corrected chi connectivity index (χ3v) is 30.5. The highest BCUT2D eigenvalue weighted by Gasteiger charge is 2.59. The van der Waals surface area contributed by atoms with Crippen molar-refractivity contribution in [1.82, 2.24) is 102 Å². The molecule has 0 radical (unpaired) electrons. The highest BCUT2D eigenvalue weighted by Crippen LogP contribution is 2.61. The minimum atomic E-state index is -5.22. The molecule has 9 aliphatic heterocycles. The maximum Gasteiger partial charge on any atom is 0.472 e. The minimum absolute atomic E-state index is 0.0209. The van der Waals surface area contributed by atoms with Gasteiger partial charge in [-0.15, -0.1) is 0 Å². The predicted octanol–water partition coefficient (Wildman–Crippen LogP) is -1.97. The summed E-state index contributed by atoms with van der Waals surface area (Å²) >= 11 is 19.8. The predicted molar refractivity (Wildman–Crippen MR) is 461 cm³/mol. The van der Waals surface area contributed by atoms with E-state index in [-0.39, 0.29) is 79.5 Å². The lowest BCUT2D eigenvalue weighted by atomic mass is 10.1. The number of fused-ring (bicyclic) bond motifs is 18. The summed E-state index contributed by atoms with van der Waals surface area (Å²) in [5.41, 5.74) is 34.8. The van der Waals surface area contributed by atoms with Gasteiger partial charge in [-0.25, -0.2) is 67.3 Å². The molecule has 12 aromatic heterocycles. The molecule has 726 valence electrons. The van der Waals surface area contributed by atoms with E-state index >= 15 is 8.78 Å². The molecule has 0 amide bonds. The van der Waals surface area contributed by atoms with Crippen LogP contribution in [-0.2, 0) is 132 Å². The normalized spacial score (nSPS) is 37.7. The second kappa shape index (κ2) is 36.3. The number of nitrogens with zero attached hydrogens (tertiary/aromatic N) is 18. The summed E-state index contributed by atoms with van der Waals surface area (Å²) in [4.78, 5) is 148. The lowest BCUT2D eigenvalue weighted by molar-refractivity contribution is -0.0671. The summed E-state index contributed by atoms with van der Waals surface area (Å²) in [6.45, 7) is -21.1. The van der Waals surface area contributed by atoms with E-state index in [2.05, 4.69) is 87.0 Å². The molecular formula is C63H73F2N27O33P6S4. The number of anilines is 6. The molecular weight excluding hydrogens is 2010 g/mol. The number of nitrogen functional groups attached to an aromatic ring is 6. The van der Waals surface area contributed by atoms with Crippen LogP contribution in [0, 0.1) is 0 Å². The number of ether oxygens (including phenoxy) is 6. The van der Waals surface area contributed by atoms with E-state index in [1.54, 1.807) is 12.1 Å². The van der Waals surface area contributed by atoms with Gasteiger partial charge in [-0.3, -0.25) is 97.5 Å². The van der Waals surface area contributed by atoms with Crippen LogP contribution in [0.15, 0.2) is 89.1 Å². The average molecular weight is 2090 g/mol. The number of nitrogens with one attached hydrogen (secondary N) is 3. The van der Waals surface area contributed by atoms with Gasteiger partial charge in [0.05, 0.1) is 94.7 Å². The van der Waals surface area contributed by atoms with Crippen molar-refractivity contribution in [3.63, 3.8) is 0 Å². The van der Waals surface area contributed by atoms with Crippen LogP contribution in [0.2, 0.25) is 0 Å². The number of phosphoric ester groups is 2. The van der Waals surface area contributed by atoms with Gasteiger partial charge in [0.2, 0.25) is 17.8 Å². The first-order chi connectivity index (χ1) is 63.9. The Morgan fingerprint density at radius 3 is 0.889 bits per heavy atom. The van der Waals surface area contributed by atoms with Crippen molar-refractivity contribution in [2.24, 2.45) is 0 Å². The Morgan fingerprint density at radius 1 is 0.348 bits per heavy atom. The van der Waals surface area contributed by atoms with Crippen molar-refractivity contribution >= 4 is 192 Å². The van der Waals surface area contributed by atoms with Crippen LogP contribution in [-0.4, -0.2) is 297 Å². The van der Waals surface area contributed by atoms with Crippen molar-refractivity contribution in [3.8, 4) is 0 Å². The fraction of sp³-hybridized carbons (Fsp3) is 0.476. The molecule has 60 nitrogen and oxygen atoms in total. The quantitative estimate of drug-likeness (QED) is 0.0634. The highest BCUT2D eigenvalue weighted by molar-refractivity contribution is 8.44. The Bertz CT molecular complexity index is 6490. The van der Waals surface area contributed by atoms with E-state index in [4.69, 9.17) is 153 Å². The third kappa shape index (κ3) is 18.5. The smallest absolute Gasteiger partial charge is 0.397 e. The van der Waals surface area contributed by atoms with Crippen LogP contribution < -0.4 is 51.1 Å². The zero-order valence-corrected chi connectivity index (χ0v) is 76.2. The van der Waals surface area contributed by atoms with Crippen LogP contribution in [0.3, 0.4) is 0 Å². The molecule has 0 saturated carbocycles. The van der Waals surface area contributed by atoms with E-state index in [0.717, 1.165) is 10.9 Å². The molecule has 8 unspecified atom stereocenters. The number of aromatic nitrogens is 21. The van der Waals surface area contributed by atoms with Gasteiger partial charge in [-0.05, 0) is 53.6 Å². The standard InChI is InChI=1S/C21H23F2N9O11P2.2C21H25N9O11P2S2/c22-10-8-3-38-45(36,37)43-15-11(23)9(41-20(15)32-6-28-13-17(32)29-21(25)30-18(13)33)4-39-44(34,35)42-14(10)19(40-8)31-5-27-12-7(24)1-2-26-16(12)31;2*22-7-1-2-24-16-10(7)25-5-29(16)19-14-12(31)8(38-19)3-36-43(35,45)41-15-13(32)9(4-37-42(34,44)40-14)39-20(15)30-6-26-11-17(30)27-21(23)28-18(11)33/h1-2,5-6,8-11,14-15,19-20H,3-4H2,(H2,24,26)(H,34,35)(H,36,37)(H3,25,29,30,33);2*1-2,5-6,8-9,12-15,19-20,31-32H,3-4H2,(H2,22,24)(H,34,44)(H,35,45)(H3,23,27,28,33)/t8-,9-,10+,11-,14-,15-,19-,20-;8-,9-,12?,13?,14+,15+,19-,20-,42?,43?;8-,9-,12-,13-,14-,15-,19-,20-,42?,43?/m111/s1. The molecule has 9 aliphatic rings. The molecule has 0 aliphatic carbocycles. The van der Waals surface area contributed by atoms with Crippen LogP contribution >= 0.6 is 54.8 Å². The second-order valence-electron chi connectivity index (χ2n) is 30.7. The maximum atomic E-state index is 15.8. The number of H-pyrrole nitrogens is 3. The number of aliphatic hydroxyl groups is 4. The van der Waals surface area contributed by atoms with Gasteiger partial charge in [0.25, 0.3) is 16.7 Å². The summed E-state index contributed by atoms with van der Waals surface area (Å²) in [6, 6.07) is 4.57. The molecule has 0 spiro atoms. The van der Waals surface area contributed by atoms with Gasteiger partial charge in [-0.1, -0.05) is 12.2 Å². The highest BCUT2D eigenvalue weighted by atomic mass is 32.7. The number of phosphoric acid groups is 2. The molecule has 0 aromatic carbocycles. The van der Waals surface area contributed by atoms with Gasteiger partial charge >= 0.3 is 42.6 Å². The van der Waals surface area contributed by atoms with E-state index in [9.17, 15) is 73.0 Å². The fourth-order valence-corrected chi connectivity index (χ4v) is 23.6. The molecule has 135 heavy (non-hydrogen) atoms. The number of thiol groups is 1. The molecule has 12 bridgehead atoms. The van der Waals surface area contributed by atoms with E-state index in [0.29, 0.717) is 22.4 Å². The Hall–Kier alpha value is -8.52. The van der Waals surface area contributed by atoms with E-state index in [1.165, 1.54) is 79.1 Å². The van der Waals surface area contributed by atoms with Gasteiger partial charge in [0.15, 0.2) is 100 Å². The zero-order chi connectivity index (χ0) is 95.5. The summed E-state index contributed by atoms with van der Waals surface area (Å²) in [5.74, 6) is -0.763. The molecule has 72 heteroatoms. The number of imidazole rings is 6. The largest absolute Gasteiger partial charge is 0.472 e. The number of aromatic amines is 3. The van der Waals surface area contributed by atoms with E-state index in [1.807, 2.05) is 0 Å². The zero-order valence-electron chi connectivity index (χ0n) is 67.5. The second-order valence-corrected chi connectivity index (χ2v) is 44.8. The first kappa shape index (κ1) is 95.4. The number of nitrogens with two attached hydrogens (primary N) is 6. The van der Waals surface area contributed by atoms with Gasteiger partial charge in [-0.2, -0.15) is 15.0 Å². The van der Waals surface area contributed by atoms with Crippen molar-refractivity contribution in [2.75, 3.05) is 74.0 Å². The van der Waals surface area contributed by atoms with Crippen molar-refractivity contribution in [2.45, 2.75) is 147 Å². The maximum absolute atomic E-state index is 15.8. The fourth-order valence-electron chi connectivity index (χ4n) is 16.0. The Labute approximate surface area is 767 Å². The number of hydrogen-bond acceptors (Lipinski definition) is 49. The monoisotopic (exact) mass is 2090 g/mol. The SMILES string of the molecule is Nc1nc2c(ncn2[C@@H]2O[C@@H]3COP(=O)(O)O[C@@H]4[C@@H](F)[C@@H](COP(=O)(O)O[C@@H]2[C@@H]3F)O[C@H]4n2cnc3c(N)ccnc32)c(=O)[nH]1.Nc1nc2c(ncn2[C@@H]2O[C@@H]3COP(=O)(S)O[C@@H]4[C@H](O)[C@@H](COP(O)(=S)O[C@@H]2[C@@H]3O)O[C@H]4n2cnc3c(N)ccnc32)c(=O)[nH]1.Nc1nc2c(ncn2[C@@H]2O[C@@H]3COP(O)(=S)O[C@H]4C(O)[C@@H](COP(O)(=S)O[C@H]2C3O)O[C@H]4n2cnc3c(N)ccnc32)c(=O)[nH]1. The first-order valence-corrected chi connectivity index (χ1v) is 52.7. The summed E-state index contributed by atoms with van der Waals surface area (Å²) in [5, 5.41) is 44.8. The molecule has 21 rings (SSSR count). The number of hydrogen-bond donors (Lipinski definition) is 19. The topological polar surface area (TPSA) is 838 Å². The molecule has 9 fully saturated rings. The summed E-state index contributed by atoms with van der Waals surface area (Å²) in [7, 11) is -10.4. The van der Waals surface area contributed by atoms with Crippen LogP contribution in [0.25, 0.3) is 67.0 Å². The molecule has 30 atom stereocenters. The Balaban J connectivity index is 0.000000130. The van der Waals surface area contributed by atoms with Crippen LogP contribution in [0.4, 0.5) is 43.7 Å². The van der Waals surface area contributed by atoms with Crippen LogP contribution in [0.1, 0.15) is 37.4 Å². The van der Waals surface area contributed by atoms with Crippen molar-refractivity contribution in [1.29, 1.82) is 0 Å².